The Balaban J connectivity index is 2.10. The predicted molar refractivity (Wildman–Crippen MR) is 107 cm³/mol. The Morgan fingerprint density at radius 1 is 1.00 bits per heavy atom. The van der Waals surface area contributed by atoms with Gasteiger partial charge in [0.05, 0.1) is 12.3 Å². The molecule has 0 fully saturated rings. The number of aromatic nitrogens is 2. The minimum Gasteiger partial charge on any atom is -0.303 e. The molecule has 3 nitrogen and oxygen atoms in total. The molecule has 0 saturated heterocycles. The molecule has 2 aromatic carbocycles. The summed E-state index contributed by atoms with van der Waals surface area (Å²) in [6.45, 7) is 16.2. The molecule has 1 heterocycles. The van der Waals surface area contributed by atoms with Gasteiger partial charge in [0, 0.05) is 18.8 Å². The van der Waals surface area contributed by atoms with E-state index in [1.165, 1.54) is 16.8 Å². The van der Waals surface area contributed by atoms with Crippen molar-refractivity contribution in [3.8, 4) is 5.69 Å². The van der Waals surface area contributed by atoms with E-state index in [9.17, 15) is 0 Å². The minimum absolute atomic E-state index is 0.435. The quantitative estimate of drug-likeness (QED) is 0.501. The van der Waals surface area contributed by atoms with Crippen molar-refractivity contribution >= 4 is 5.69 Å². The lowest BCUT2D eigenvalue weighted by atomic mass is 9.92. The first-order valence-electron chi connectivity index (χ1n) is 9.13. The van der Waals surface area contributed by atoms with Crippen molar-refractivity contribution in [2.75, 3.05) is 0 Å². The molecule has 0 N–H and O–H groups in total. The topological polar surface area (TPSA) is 22.2 Å². The lowest BCUT2D eigenvalue weighted by Crippen LogP contribution is -2.09. The molecule has 0 radical (unpaired) electrons. The third-order valence-corrected chi connectivity index (χ3v) is 4.70. The Hall–Kier alpha value is -2.86. The molecule has 0 spiro atoms. The van der Waals surface area contributed by atoms with E-state index in [0.29, 0.717) is 23.9 Å². The number of para-hydroxylation sites is 1. The van der Waals surface area contributed by atoms with Crippen molar-refractivity contribution in [1.82, 2.24) is 9.55 Å². The Labute approximate surface area is 156 Å². The van der Waals surface area contributed by atoms with Gasteiger partial charge in [-0.2, -0.15) is 0 Å². The summed E-state index contributed by atoms with van der Waals surface area (Å²) < 4.78 is 2.23. The van der Waals surface area contributed by atoms with Gasteiger partial charge in [-0.15, -0.1) is 0 Å². The van der Waals surface area contributed by atoms with Gasteiger partial charge in [-0.3, -0.25) is 0 Å². The maximum absolute atomic E-state index is 7.22. The molecular formula is C23H25N3. The van der Waals surface area contributed by atoms with Crippen LogP contribution < -0.4 is 0 Å². The van der Waals surface area contributed by atoms with Gasteiger partial charge in [-0.25, -0.2) is 9.83 Å². The second-order valence-electron chi connectivity index (χ2n) is 7.27. The number of rotatable bonds is 5. The van der Waals surface area contributed by atoms with Crippen molar-refractivity contribution in [3.05, 3.63) is 88.8 Å². The predicted octanol–water partition coefficient (Wildman–Crippen LogP) is 6.26. The summed E-state index contributed by atoms with van der Waals surface area (Å²) in [4.78, 5) is 8.17. The highest BCUT2D eigenvalue weighted by Crippen LogP contribution is 2.32. The van der Waals surface area contributed by atoms with Crippen LogP contribution in [0.3, 0.4) is 0 Å². The van der Waals surface area contributed by atoms with Gasteiger partial charge < -0.3 is 4.57 Å². The molecule has 1 aromatic heterocycles. The molecule has 3 rings (SSSR count). The van der Waals surface area contributed by atoms with Gasteiger partial charge in [-0.05, 0) is 23.0 Å². The zero-order valence-corrected chi connectivity index (χ0v) is 15.9. The molecular weight excluding hydrogens is 318 g/mol. The average molecular weight is 343 g/mol. The summed E-state index contributed by atoms with van der Waals surface area (Å²) in [6.07, 6.45) is 4.64. The highest BCUT2D eigenvalue weighted by atomic mass is 15.1. The zero-order valence-electron chi connectivity index (χ0n) is 15.9. The molecule has 0 aliphatic carbocycles. The second-order valence-corrected chi connectivity index (χ2v) is 7.27. The number of nitrogens with zero attached hydrogens (tertiary/aromatic N) is 3. The maximum Gasteiger partial charge on any atom is 0.187 e. The first-order chi connectivity index (χ1) is 12.5. The fourth-order valence-electron chi connectivity index (χ4n) is 3.38. The summed E-state index contributed by atoms with van der Waals surface area (Å²) in [5.74, 6) is 1.87. The molecule has 3 heteroatoms. The summed E-state index contributed by atoms with van der Waals surface area (Å²) in [7, 11) is 0. The summed E-state index contributed by atoms with van der Waals surface area (Å²) in [6, 6.07) is 14.4. The smallest absolute Gasteiger partial charge is 0.187 e. The Bertz CT molecular complexity index is 916. The van der Waals surface area contributed by atoms with Crippen molar-refractivity contribution in [2.24, 2.45) is 0 Å². The van der Waals surface area contributed by atoms with E-state index in [0.717, 1.165) is 11.4 Å². The summed E-state index contributed by atoms with van der Waals surface area (Å²) in [5, 5.41) is 0. The number of imidazole rings is 1. The average Bonchev–Trinajstić information content (AvgIpc) is 3.08. The molecule has 0 aliphatic heterocycles. The molecule has 0 amide bonds. The van der Waals surface area contributed by atoms with E-state index in [1.807, 2.05) is 24.4 Å². The van der Waals surface area contributed by atoms with Crippen LogP contribution in [0, 0.1) is 6.57 Å². The van der Waals surface area contributed by atoms with Gasteiger partial charge in [-0.1, -0.05) is 75.7 Å². The molecule has 0 atom stereocenters. The number of benzene rings is 2. The van der Waals surface area contributed by atoms with Crippen molar-refractivity contribution in [3.63, 3.8) is 0 Å². The van der Waals surface area contributed by atoms with E-state index in [1.54, 1.807) is 0 Å². The van der Waals surface area contributed by atoms with E-state index in [-0.39, 0.29) is 0 Å². The SMILES string of the molecule is [C-]#[N+]c1cccc(Cc2nccn2-c2c(C(C)C)cccc2C(C)C)c1. The molecule has 0 aliphatic rings. The van der Waals surface area contributed by atoms with Crippen LogP contribution >= 0.6 is 0 Å². The Kier molecular flexibility index (Phi) is 5.23. The van der Waals surface area contributed by atoms with Crippen LogP contribution in [-0.4, -0.2) is 9.55 Å². The van der Waals surface area contributed by atoms with Crippen molar-refractivity contribution in [2.45, 2.75) is 46.0 Å². The second kappa shape index (κ2) is 7.58. The van der Waals surface area contributed by atoms with Crippen LogP contribution in [0.2, 0.25) is 0 Å². The zero-order chi connectivity index (χ0) is 18.7. The van der Waals surface area contributed by atoms with Crippen LogP contribution in [0.15, 0.2) is 54.9 Å². The molecule has 26 heavy (non-hydrogen) atoms. The lowest BCUT2D eigenvalue weighted by Gasteiger charge is -2.21. The lowest BCUT2D eigenvalue weighted by molar-refractivity contribution is 0.790. The highest BCUT2D eigenvalue weighted by molar-refractivity contribution is 5.52. The molecule has 132 valence electrons. The van der Waals surface area contributed by atoms with Gasteiger partial charge in [0.25, 0.3) is 0 Å². The van der Waals surface area contributed by atoms with E-state index in [2.05, 4.69) is 72.6 Å². The summed E-state index contributed by atoms with van der Waals surface area (Å²) in [5.41, 5.74) is 5.71. The van der Waals surface area contributed by atoms with Gasteiger partial charge in [0.2, 0.25) is 0 Å². The van der Waals surface area contributed by atoms with E-state index >= 15 is 0 Å². The highest BCUT2D eigenvalue weighted by Gasteiger charge is 2.17. The van der Waals surface area contributed by atoms with Gasteiger partial charge in [0.1, 0.15) is 5.82 Å². The van der Waals surface area contributed by atoms with E-state index < -0.39 is 0 Å². The van der Waals surface area contributed by atoms with Crippen LogP contribution in [0.1, 0.15) is 62.0 Å². The largest absolute Gasteiger partial charge is 0.303 e. The van der Waals surface area contributed by atoms with Gasteiger partial charge >= 0.3 is 0 Å². The fraction of sp³-hybridized carbons (Fsp3) is 0.304. The first kappa shape index (κ1) is 17.9. The van der Waals surface area contributed by atoms with Crippen molar-refractivity contribution < 1.29 is 0 Å². The molecule has 0 bridgehead atoms. The minimum atomic E-state index is 0.435. The van der Waals surface area contributed by atoms with Crippen LogP contribution in [0.5, 0.6) is 0 Å². The standard InChI is InChI=1S/C23H25N3/c1-16(2)20-10-7-11-21(17(3)4)23(20)26-13-12-25-22(26)15-18-8-6-9-19(14-18)24-5/h6-14,16-17H,15H2,1-4H3. The number of hydrogen-bond acceptors (Lipinski definition) is 1. The van der Waals surface area contributed by atoms with Gasteiger partial charge in [0.15, 0.2) is 5.69 Å². The molecule has 0 unspecified atom stereocenters. The van der Waals surface area contributed by atoms with E-state index in [4.69, 9.17) is 6.57 Å². The Morgan fingerprint density at radius 2 is 1.65 bits per heavy atom. The van der Waals surface area contributed by atoms with Crippen molar-refractivity contribution in [1.29, 1.82) is 0 Å². The fourth-order valence-corrected chi connectivity index (χ4v) is 3.38. The third-order valence-electron chi connectivity index (χ3n) is 4.70. The molecule has 3 aromatic rings. The third kappa shape index (κ3) is 3.55. The number of hydrogen-bond donors (Lipinski definition) is 0. The van der Waals surface area contributed by atoms with Crippen LogP contribution in [-0.2, 0) is 6.42 Å². The normalized spacial score (nSPS) is 11.1. The first-order valence-corrected chi connectivity index (χ1v) is 9.13. The van der Waals surface area contributed by atoms with Crippen LogP contribution in [0.4, 0.5) is 5.69 Å². The monoisotopic (exact) mass is 343 g/mol. The van der Waals surface area contributed by atoms with Crippen LogP contribution in [0.25, 0.3) is 10.5 Å². The molecule has 0 saturated carbocycles. The maximum atomic E-state index is 7.22. The Morgan fingerprint density at radius 3 is 2.27 bits per heavy atom. The summed E-state index contributed by atoms with van der Waals surface area (Å²) >= 11 is 0.